The van der Waals surface area contributed by atoms with Crippen molar-refractivity contribution >= 4 is 17.5 Å². The molecule has 0 spiro atoms. The number of piperidine rings is 1. The molecule has 2 rings (SSSR count). The molecule has 2 unspecified atom stereocenters. The molecule has 1 aromatic heterocycles. The molecule has 1 amide bonds. The summed E-state index contributed by atoms with van der Waals surface area (Å²) in [6.07, 6.45) is -3.41. The van der Waals surface area contributed by atoms with Crippen LogP contribution in [0.25, 0.3) is 0 Å². The Bertz CT molecular complexity index is 706. The zero-order valence-electron chi connectivity index (χ0n) is 15.1. The summed E-state index contributed by atoms with van der Waals surface area (Å²) >= 11 is 0. The number of nitro groups is 1. The van der Waals surface area contributed by atoms with Crippen LogP contribution in [0.1, 0.15) is 27.2 Å². The van der Waals surface area contributed by atoms with Crippen LogP contribution < -0.4 is 10.2 Å². The molecule has 1 aromatic rings. The Morgan fingerprint density at radius 2 is 2.04 bits per heavy atom. The first-order valence-electron chi connectivity index (χ1n) is 8.26. The first-order valence-corrected chi connectivity index (χ1v) is 8.26. The van der Waals surface area contributed by atoms with Crippen molar-refractivity contribution in [1.29, 1.82) is 0 Å². The maximum atomic E-state index is 13.4. The standard InChI is InChI=1S/C16H21F3N4O4/c1-15(2,3)27-14(24)21-11-6-10(16(17,18)19)8-22(9-11)12-4-5-20-7-13(12)23(25)26/h4-5,7,10-11H,6,8-9H2,1-3H3,(H,21,24). The minimum atomic E-state index is -4.51. The Balaban J connectivity index is 2.26. The van der Waals surface area contributed by atoms with Gasteiger partial charge in [0.15, 0.2) is 0 Å². The van der Waals surface area contributed by atoms with E-state index in [2.05, 4.69) is 10.3 Å². The van der Waals surface area contributed by atoms with Crippen molar-refractivity contribution in [2.45, 2.75) is 45.0 Å². The average Bonchev–Trinajstić information content (AvgIpc) is 2.51. The van der Waals surface area contributed by atoms with E-state index >= 15 is 0 Å². The summed E-state index contributed by atoms with van der Waals surface area (Å²) in [6.45, 7) is 4.45. The summed E-state index contributed by atoms with van der Waals surface area (Å²) in [5, 5.41) is 13.6. The minimum absolute atomic E-state index is 0.0172. The zero-order valence-corrected chi connectivity index (χ0v) is 15.1. The van der Waals surface area contributed by atoms with E-state index < -0.39 is 47.0 Å². The maximum Gasteiger partial charge on any atom is 0.407 e. The van der Waals surface area contributed by atoms with Crippen molar-refractivity contribution in [3.8, 4) is 0 Å². The van der Waals surface area contributed by atoms with Crippen molar-refractivity contribution in [2.24, 2.45) is 5.92 Å². The van der Waals surface area contributed by atoms with Crippen LogP contribution in [0.2, 0.25) is 0 Å². The smallest absolute Gasteiger partial charge is 0.407 e. The van der Waals surface area contributed by atoms with Crippen LogP contribution in [-0.4, -0.2) is 46.9 Å². The first-order chi connectivity index (χ1) is 12.4. The van der Waals surface area contributed by atoms with Gasteiger partial charge in [-0.25, -0.2) is 4.79 Å². The molecular weight excluding hydrogens is 369 g/mol. The van der Waals surface area contributed by atoms with Gasteiger partial charge < -0.3 is 15.0 Å². The number of alkyl carbamates (subject to hydrolysis) is 1. The van der Waals surface area contributed by atoms with Gasteiger partial charge in [-0.2, -0.15) is 13.2 Å². The fraction of sp³-hybridized carbons (Fsp3) is 0.625. The summed E-state index contributed by atoms with van der Waals surface area (Å²) in [4.78, 5) is 27.3. The Morgan fingerprint density at radius 1 is 1.37 bits per heavy atom. The summed E-state index contributed by atoms with van der Waals surface area (Å²) in [5.41, 5.74) is -1.16. The Labute approximate surface area is 153 Å². The zero-order chi connectivity index (χ0) is 20.4. The number of aromatic nitrogens is 1. The third-order valence-electron chi connectivity index (χ3n) is 3.95. The lowest BCUT2D eigenvalue weighted by Crippen LogP contribution is -2.54. The van der Waals surface area contributed by atoms with Crippen molar-refractivity contribution < 1.29 is 27.6 Å². The molecule has 11 heteroatoms. The lowest BCUT2D eigenvalue weighted by Gasteiger charge is -2.39. The molecule has 1 fully saturated rings. The number of anilines is 1. The molecule has 2 atom stereocenters. The second-order valence-electron chi connectivity index (χ2n) is 7.34. The summed E-state index contributed by atoms with van der Waals surface area (Å²) < 4.78 is 45.2. The van der Waals surface area contributed by atoms with Crippen molar-refractivity contribution in [2.75, 3.05) is 18.0 Å². The summed E-state index contributed by atoms with van der Waals surface area (Å²) in [6, 6.07) is 0.412. The highest BCUT2D eigenvalue weighted by Crippen LogP contribution is 2.37. The molecule has 0 saturated carbocycles. The lowest BCUT2D eigenvalue weighted by molar-refractivity contribution is -0.384. The van der Waals surface area contributed by atoms with Crippen LogP contribution in [-0.2, 0) is 4.74 Å². The minimum Gasteiger partial charge on any atom is -0.444 e. The van der Waals surface area contributed by atoms with E-state index in [1.807, 2.05) is 0 Å². The average molecular weight is 390 g/mol. The van der Waals surface area contributed by atoms with E-state index in [0.29, 0.717) is 0 Å². The van der Waals surface area contributed by atoms with Crippen molar-refractivity contribution in [3.05, 3.63) is 28.6 Å². The summed E-state index contributed by atoms with van der Waals surface area (Å²) in [7, 11) is 0. The SMILES string of the molecule is CC(C)(C)OC(=O)NC1CC(C(F)(F)F)CN(c2ccncc2[N+](=O)[O-])C1. The van der Waals surface area contributed by atoms with Crippen LogP contribution >= 0.6 is 0 Å². The number of amides is 1. The number of hydrogen-bond acceptors (Lipinski definition) is 6. The Kier molecular flexibility index (Phi) is 5.81. The molecular formula is C16H21F3N4O4. The normalized spacial score (nSPS) is 20.9. The Hall–Kier alpha value is -2.59. The topological polar surface area (TPSA) is 97.6 Å². The van der Waals surface area contributed by atoms with Gasteiger partial charge in [-0.05, 0) is 33.3 Å². The van der Waals surface area contributed by atoms with Gasteiger partial charge in [0.1, 0.15) is 17.5 Å². The fourth-order valence-corrected chi connectivity index (χ4v) is 2.90. The number of ether oxygens (including phenoxy) is 1. The van der Waals surface area contributed by atoms with Crippen molar-refractivity contribution in [3.63, 3.8) is 0 Å². The molecule has 0 radical (unpaired) electrons. The summed E-state index contributed by atoms with van der Waals surface area (Å²) in [5.74, 6) is -1.75. The van der Waals surface area contributed by atoms with E-state index in [4.69, 9.17) is 4.74 Å². The Morgan fingerprint density at radius 3 is 2.59 bits per heavy atom. The number of pyridine rings is 1. The quantitative estimate of drug-likeness (QED) is 0.628. The van der Waals surface area contributed by atoms with E-state index in [-0.39, 0.29) is 18.7 Å². The molecule has 150 valence electrons. The number of alkyl halides is 3. The molecule has 0 bridgehead atoms. The fourth-order valence-electron chi connectivity index (χ4n) is 2.90. The van der Waals surface area contributed by atoms with Gasteiger partial charge in [0.25, 0.3) is 0 Å². The van der Waals surface area contributed by atoms with Gasteiger partial charge in [0.05, 0.1) is 16.9 Å². The number of hydrogen-bond donors (Lipinski definition) is 1. The molecule has 1 saturated heterocycles. The number of halogens is 3. The highest BCUT2D eigenvalue weighted by atomic mass is 19.4. The van der Waals surface area contributed by atoms with Crippen LogP contribution in [0, 0.1) is 16.0 Å². The predicted molar refractivity (Wildman–Crippen MR) is 90.4 cm³/mol. The highest BCUT2D eigenvalue weighted by molar-refractivity contribution is 5.68. The van der Waals surface area contributed by atoms with Crippen LogP contribution in [0.3, 0.4) is 0 Å². The van der Waals surface area contributed by atoms with Gasteiger partial charge in [-0.1, -0.05) is 0 Å². The largest absolute Gasteiger partial charge is 0.444 e. The van der Waals surface area contributed by atoms with E-state index in [1.54, 1.807) is 20.8 Å². The van der Waals surface area contributed by atoms with Gasteiger partial charge in [-0.15, -0.1) is 0 Å². The molecule has 1 N–H and O–H groups in total. The first kappa shape index (κ1) is 20.7. The number of nitrogens with one attached hydrogen (secondary N) is 1. The highest BCUT2D eigenvalue weighted by Gasteiger charge is 2.45. The maximum absolute atomic E-state index is 13.4. The third kappa shape index (κ3) is 5.69. The second kappa shape index (κ2) is 7.57. The molecule has 8 nitrogen and oxygen atoms in total. The number of nitrogens with zero attached hydrogens (tertiary/aromatic N) is 3. The molecule has 2 heterocycles. The van der Waals surface area contributed by atoms with Gasteiger partial charge in [-0.3, -0.25) is 15.1 Å². The monoisotopic (exact) mass is 390 g/mol. The molecule has 1 aliphatic heterocycles. The van der Waals surface area contributed by atoms with Gasteiger partial charge in [0.2, 0.25) is 0 Å². The number of rotatable bonds is 3. The third-order valence-corrected chi connectivity index (χ3v) is 3.95. The molecule has 1 aliphatic rings. The van der Waals surface area contributed by atoms with Crippen LogP contribution in [0.15, 0.2) is 18.5 Å². The molecule has 0 aromatic carbocycles. The van der Waals surface area contributed by atoms with Gasteiger partial charge >= 0.3 is 18.0 Å². The predicted octanol–water partition coefficient (Wildman–Crippen LogP) is 3.27. The number of carbonyl (C=O) groups excluding carboxylic acids is 1. The van der Waals surface area contributed by atoms with E-state index in [0.717, 1.165) is 6.20 Å². The molecule has 0 aliphatic carbocycles. The van der Waals surface area contributed by atoms with E-state index in [1.165, 1.54) is 17.2 Å². The van der Waals surface area contributed by atoms with E-state index in [9.17, 15) is 28.1 Å². The second-order valence-corrected chi connectivity index (χ2v) is 7.34. The number of carbonyl (C=O) groups is 1. The van der Waals surface area contributed by atoms with Crippen molar-refractivity contribution in [1.82, 2.24) is 10.3 Å². The van der Waals surface area contributed by atoms with Crippen LogP contribution in [0.4, 0.5) is 29.3 Å². The molecule has 27 heavy (non-hydrogen) atoms. The van der Waals surface area contributed by atoms with Crippen LogP contribution in [0.5, 0.6) is 0 Å². The van der Waals surface area contributed by atoms with Gasteiger partial charge in [0, 0.05) is 19.3 Å². The lowest BCUT2D eigenvalue weighted by atomic mass is 9.93.